The van der Waals surface area contributed by atoms with E-state index in [0.29, 0.717) is 0 Å². The lowest BCUT2D eigenvalue weighted by Gasteiger charge is -2.00. The van der Waals surface area contributed by atoms with Crippen molar-refractivity contribution in [3.05, 3.63) is 10.8 Å². The van der Waals surface area contributed by atoms with E-state index in [4.69, 9.17) is 5.11 Å². The molecule has 1 aliphatic heterocycles. The summed E-state index contributed by atoms with van der Waals surface area (Å²) in [5, 5.41) is 12.2. The van der Waals surface area contributed by atoms with Gasteiger partial charge in [0.25, 0.3) is 0 Å². The Kier molecular flexibility index (Phi) is 2.48. The number of carboxylic acid groups (broad SMARTS) is 1. The van der Waals surface area contributed by atoms with Gasteiger partial charge in [-0.05, 0) is 10.8 Å². The number of aliphatic carboxylic acids is 1. The fourth-order valence-electron chi connectivity index (χ4n) is 0.510. The molecule has 0 saturated heterocycles. The molecule has 0 saturated carbocycles. The third-order valence-electron chi connectivity index (χ3n) is 0.858. The van der Waals surface area contributed by atoms with Crippen molar-refractivity contribution in [1.82, 2.24) is 0 Å². The van der Waals surface area contributed by atoms with Crippen LogP contribution in [0.15, 0.2) is 10.8 Å². The average Bonchev–Trinajstić information content (AvgIpc) is 2.15. The van der Waals surface area contributed by atoms with Gasteiger partial charge in [0, 0.05) is 0 Å². The normalized spacial score (nSPS) is 18.7. The predicted molar refractivity (Wildman–Crippen MR) is 40.4 cm³/mol. The lowest BCUT2D eigenvalue weighted by atomic mass is 10.5. The summed E-state index contributed by atoms with van der Waals surface area (Å²) in [5.41, 5.74) is 0. The minimum atomic E-state index is -0.719. The van der Waals surface area contributed by atoms with Gasteiger partial charge < -0.3 is 5.11 Å². The zero-order valence-electron chi connectivity index (χ0n) is 4.61. The molecule has 4 heteroatoms. The van der Waals surface area contributed by atoms with Crippen LogP contribution in [0.3, 0.4) is 0 Å². The molecule has 0 bridgehead atoms. The van der Waals surface area contributed by atoms with Crippen LogP contribution < -0.4 is 0 Å². The Labute approximate surface area is 61.7 Å². The zero-order valence-corrected chi connectivity index (χ0v) is 6.24. The summed E-state index contributed by atoms with van der Waals surface area (Å²) in [4.78, 5) is 10.1. The van der Waals surface area contributed by atoms with Crippen molar-refractivity contribution < 1.29 is 9.90 Å². The maximum Gasteiger partial charge on any atom is 0.305 e. The molecule has 0 spiro atoms. The molecular weight excluding hydrogens is 156 g/mol. The Bertz CT molecular complexity index is 136. The summed E-state index contributed by atoms with van der Waals surface area (Å²) in [6.45, 7) is 0. The number of carboxylic acids is 1. The Balaban J connectivity index is 2.22. The van der Waals surface area contributed by atoms with E-state index in [1.807, 2.05) is 10.8 Å². The van der Waals surface area contributed by atoms with Gasteiger partial charge in [0.2, 0.25) is 0 Å². The van der Waals surface area contributed by atoms with E-state index >= 15 is 0 Å². The Morgan fingerprint density at radius 1 is 1.56 bits per heavy atom. The number of thioether (sulfide) groups is 2. The molecule has 0 amide bonds. The van der Waals surface area contributed by atoms with Crippen molar-refractivity contribution in [1.29, 1.82) is 0 Å². The molecule has 0 aromatic heterocycles. The molecule has 50 valence electrons. The second-order valence-electron chi connectivity index (χ2n) is 1.57. The van der Waals surface area contributed by atoms with Crippen LogP contribution in [0.5, 0.6) is 0 Å². The maximum absolute atomic E-state index is 10.1. The molecule has 0 radical (unpaired) electrons. The molecule has 9 heavy (non-hydrogen) atoms. The van der Waals surface area contributed by atoms with Crippen LogP contribution in [0.25, 0.3) is 0 Å². The van der Waals surface area contributed by atoms with E-state index in [9.17, 15) is 4.79 Å². The van der Waals surface area contributed by atoms with Gasteiger partial charge in [-0.1, -0.05) is 0 Å². The van der Waals surface area contributed by atoms with Crippen LogP contribution in [0.1, 0.15) is 6.42 Å². The van der Waals surface area contributed by atoms with Crippen molar-refractivity contribution in [2.75, 3.05) is 0 Å². The fourth-order valence-corrected chi connectivity index (χ4v) is 2.49. The Morgan fingerprint density at radius 2 is 2.11 bits per heavy atom. The zero-order chi connectivity index (χ0) is 6.69. The van der Waals surface area contributed by atoms with Crippen LogP contribution >= 0.6 is 23.5 Å². The van der Waals surface area contributed by atoms with Crippen LogP contribution in [-0.4, -0.2) is 15.7 Å². The van der Waals surface area contributed by atoms with Gasteiger partial charge in [-0.15, -0.1) is 23.5 Å². The first kappa shape index (κ1) is 7.02. The van der Waals surface area contributed by atoms with E-state index in [1.54, 1.807) is 23.5 Å². The SMILES string of the molecule is O=C(O)CC1SC=CS1. The highest BCUT2D eigenvalue weighted by Crippen LogP contribution is 2.35. The molecule has 0 aliphatic carbocycles. The van der Waals surface area contributed by atoms with Gasteiger partial charge in [0.05, 0.1) is 11.0 Å². The first-order valence-electron chi connectivity index (χ1n) is 2.47. The molecule has 1 aliphatic rings. The number of hydrogen-bond acceptors (Lipinski definition) is 3. The third kappa shape index (κ3) is 2.32. The standard InChI is InChI=1S/C5H6O2S2/c6-4(7)3-5-8-1-2-9-5/h1-2,5H,3H2,(H,6,7). The van der Waals surface area contributed by atoms with Gasteiger partial charge in [-0.3, -0.25) is 4.79 Å². The van der Waals surface area contributed by atoms with Crippen molar-refractivity contribution in [3.8, 4) is 0 Å². The summed E-state index contributed by atoms with van der Waals surface area (Å²) >= 11 is 3.14. The minimum absolute atomic E-state index is 0.211. The summed E-state index contributed by atoms with van der Waals surface area (Å²) in [7, 11) is 0. The Morgan fingerprint density at radius 3 is 2.56 bits per heavy atom. The number of rotatable bonds is 2. The van der Waals surface area contributed by atoms with Crippen LogP contribution in [-0.2, 0) is 4.79 Å². The van der Waals surface area contributed by atoms with Crippen molar-refractivity contribution in [2.45, 2.75) is 11.0 Å². The van der Waals surface area contributed by atoms with Gasteiger partial charge in [-0.2, -0.15) is 0 Å². The minimum Gasteiger partial charge on any atom is -0.481 e. The highest BCUT2D eigenvalue weighted by Gasteiger charge is 2.14. The van der Waals surface area contributed by atoms with Gasteiger partial charge in [0.1, 0.15) is 0 Å². The quantitative estimate of drug-likeness (QED) is 0.671. The molecule has 0 fully saturated rings. The fraction of sp³-hybridized carbons (Fsp3) is 0.400. The molecule has 0 unspecified atom stereocenters. The number of carbonyl (C=O) groups is 1. The van der Waals surface area contributed by atoms with Crippen LogP contribution in [0.4, 0.5) is 0 Å². The molecule has 2 nitrogen and oxygen atoms in total. The highest BCUT2D eigenvalue weighted by atomic mass is 32.2. The van der Waals surface area contributed by atoms with Crippen molar-refractivity contribution >= 4 is 29.5 Å². The number of hydrogen-bond donors (Lipinski definition) is 1. The van der Waals surface area contributed by atoms with Gasteiger partial charge in [0.15, 0.2) is 0 Å². The molecule has 0 atom stereocenters. The van der Waals surface area contributed by atoms with E-state index in [1.165, 1.54) is 0 Å². The second kappa shape index (κ2) is 3.17. The lowest BCUT2D eigenvalue weighted by molar-refractivity contribution is -0.136. The molecule has 1 rings (SSSR count). The largest absolute Gasteiger partial charge is 0.481 e. The van der Waals surface area contributed by atoms with Gasteiger partial charge >= 0.3 is 5.97 Å². The van der Waals surface area contributed by atoms with Gasteiger partial charge in [-0.25, -0.2) is 0 Å². The predicted octanol–water partition coefficient (Wildman–Crippen LogP) is 1.74. The summed E-state index contributed by atoms with van der Waals surface area (Å²) < 4.78 is 0.211. The molecular formula is C5H6O2S2. The summed E-state index contributed by atoms with van der Waals surface area (Å²) in [6.07, 6.45) is 0.252. The second-order valence-corrected chi connectivity index (χ2v) is 4.10. The van der Waals surface area contributed by atoms with Crippen molar-refractivity contribution in [2.24, 2.45) is 0 Å². The third-order valence-corrected chi connectivity index (χ3v) is 3.22. The topological polar surface area (TPSA) is 37.3 Å². The summed E-state index contributed by atoms with van der Waals surface area (Å²) in [5.74, 6) is -0.719. The Hall–Kier alpha value is -0.0900. The van der Waals surface area contributed by atoms with Crippen molar-refractivity contribution in [3.63, 3.8) is 0 Å². The summed E-state index contributed by atoms with van der Waals surface area (Å²) in [6, 6.07) is 0. The monoisotopic (exact) mass is 162 g/mol. The molecule has 1 N–H and O–H groups in total. The first-order chi connectivity index (χ1) is 4.29. The van der Waals surface area contributed by atoms with Crippen LogP contribution in [0, 0.1) is 0 Å². The molecule has 0 aromatic rings. The van der Waals surface area contributed by atoms with E-state index in [2.05, 4.69) is 0 Å². The average molecular weight is 162 g/mol. The molecule has 1 heterocycles. The first-order valence-corrected chi connectivity index (χ1v) is 4.35. The van der Waals surface area contributed by atoms with Crippen LogP contribution in [0.2, 0.25) is 0 Å². The smallest absolute Gasteiger partial charge is 0.305 e. The van der Waals surface area contributed by atoms with E-state index in [-0.39, 0.29) is 11.0 Å². The molecule has 0 aromatic carbocycles. The van der Waals surface area contributed by atoms with E-state index in [0.717, 1.165) is 0 Å². The highest BCUT2D eigenvalue weighted by molar-refractivity contribution is 8.22. The lowest BCUT2D eigenvalue weighted by Crippen LogP contribution is -2.02. The maximum atomic E-state index is 10.1. The van der Waals surface area contributed by atoms with E-state index < -0.39 is 5.97 Å².